The van der Waals surface area contributed by atoms with Gasteiger partial charge in [0.1, 0.15) is 5.75 Å². The number of benzene rings is 1. The average molecular weight is 257 g/mol. The topological polar surface area (TPSA) is 63.6 Å². The van der Waals surface area contributed by atoms with Crippen LogP contribution in [0.25, 0.3) is 0 Å². The van der Waals surface area contributed by atoms with Gasteiger partial charge in [0.2, 0.25) is 0 Å². The summed E-state index contributed by atoms with van der Waals surface area (Å²) in [6.45, 7) is 3.07. The molecule has 0 saturated heterocycles. The van der Waals surface area contributed by atoms with Gasteiger partial charge in [0.05, 0.1) is 5.56 Å². The first kappa shape index (κ1) is 13.5. The Balaban J connectivity index is 3.05. The molecular weight excluding hydrogens is 244 g/mol. The minimum atomic E-state index is -1.06. The predicted octanol–water partition coefficient (Wildman–Crippen LogP) is 2.78. The van der Waals surface area contributed by atoms with Gasteiger partial charge in [-0.3, -0.25) is 4.79 Å². The van der Waals surface area contributed by atoms with Crippen LogP contribution in [0.3, 0.4) is 0 Å². The van der Waals surface area contributed by atoms with Gasteiger partial charge < -0.3 is 9.84 Å². The van der Waals surface area contributed by atoms with Gasteiger partial charge in [-0.1, -0.05) is 18.5 Å². The second kappa shape index (κ2) is 5.68. The number of Topliss-reactive ketones (excluding diaryl/α,β-unsaturated/α-hetero) is 1. The highest BCUT2D eigenvalue weighted by Crippen LogP contribution is 2.24. The molecule has 1 rings (SSSR count). The van der Waals surface area contributed by atoms with Crippen LogP contribution in [0.1, 0.15) is 30.6 Å². The summed E-state index contributed by atoms with van der Waals surface area (Å²) < 4.78 is 5.29. The van der Waals surface area contributed by atoms with Crippen molar-refractivity contribution < 1.29 is 19.4 Å². The van der Waals surface area contributed by atoms with Crippen LogP contribution in [-0.2, 0) is 4.79 Å². The molecular formula is C12H13ClO4. The molecule has 17 heavy (non-hydrogen) atoms. The Labute approximate surface area is 104 Å². The predicted molar refractivity (Wildman–Crippen MR) is 63.8 cm³/mol. The number of aliphatic carboxylic acids is 1. The van der Waals surface area contributed by atoms with E-state index in [4.69, 9.17) is 21.4 Å². The SMILES string of the molecule is CCC(Oc1ccc(Cl)cc1C(C)=O)C(=O)O. The first-order valence-corrected chi connectivity index (χ1v) is 5.53. The molecule has 0 heterocycles. The van der Waals surface area contributed by atoms with Crippen molar-refractivity contribution in [1.29, 1.82) is 0 Å². The van der Waals surface area contributed by atoms with Gasteiger partial charge in [-0.25, -0.2) is 4.79 Å². The van der Waals surface area contributed by atoms with E-state index in [-0.39, 0.29) is 17.1 Å². The lowest BCUT2D eigenvalue weighted by Crippen LogP contribution is -2.26. The summed E-state index contributed by atoms with van der Waals surface area (Å²) in [5, 5.41) is 9.29. The average Bonchev–Trinajstić information content (AvgIpc) is 2.26. The molecule has 0 amide bonds. The summed E-state index contributed by atoms with van der Waals surface area (Å²) in [5.74, 6) is -1.03. The highest BCUT2D eigenvalue weighted by atomic mass is 35.5. The Hall–Kier alpha value is -1.55. The van der Waals surface area contributed by atoms with Crippen LogP contribution in [0.2, 0.25) is 5.02 Å². The Morgan fingerprint density at radius 3 is 2.59 bits per heavy atom. The minimum absolute atomic E-state index is 0.220. The molecule has 92 valence electrons. The van der Waals surface area contributed by atoms with Crippen LogP contribution in [0.15, 0.2) is 18.2 Å². The lowest BCUT2D eigenvalue weighted by Gasteiger charge is -2.15. The van der Waals surface area contributed by atoms with Crippen molar-refractivity contribution in [1.82, 2.24) is 0 Å². The van der Waals surface area contributed by atoms with Gasteiger partial charge in [0.25, 0.3) is 0 Å². The normalized spacial score (nSPS) is 11.9. The monoisotopic (exact) mass is 256 g/mol. The lowest BCUT2D eigenvalue weighted by molar-refractivity contribution is -0.145. The third kappa shape index (κ3) is 3.46. The second-order valence-electron chi connectivity index (χ2n) is 3.55. The number of hydrogen-bond donors (Lipinski definition) is 1. The second-order valence-corrected chi connectivity index (χ2v) is 3.99. The summed E-state index contributed by atoms with van der Waals surface area (Å²) in [6.07, 6.45) is -0.649. The Morgan fingerprint density at radius 2 is 2.12 bits per heavy atom. The van der Waals surface area contributed by atoms with Gasteiger partial charge in [-0.05, 0) is 31.5 Å². The Bertz CT molecular complexity index is 442. The quantitative estimate of drug-likeness (QED) is 0.823. The number of carbonyl (C=O) groups is 2. The fourth-order valence-corrected chi connectivity index (χ4v) is 1.51. The fourth-order valence-electron chi connectivity index (χ4n) is 1.34. The maximum Gasteiger partial charge on any atom is 0.344 e. The molecule has 0 aromatic heterocycles. The molecule has 0 fully saturated rings. The Kier molecular flexibility index (Phi) is 4.52. The number of carboxylic acids is 1. The van der Waals surface area contributed by atoms with E-state index in [0.29, 0.717) is 11.4 Å². The molecule has 4 nitrogen and oxygen atoms in total. The van der Waals surface area contributed by atoms with Crippen molar-refractivity contribution in [2.45, 2.75) is 26.4 Å². The van der Waals surface area contributed by atoms with E-state index in [0.717, 1.165) is 0 Å². The number of hydrogen-bond acceptors (Lipinski definition) is 3. The van der Waals surface area contributed by atoms with Crippen molar-refractivity contribution in [2.75, 3.05) is 0 Å². The van der Waals surface area contributed by atoms with Crippen LogP contribution < -0.4 is 4.74 Å². The molecule has 0 aliphatic rings. The van der Waals surface area contributed by atoms with Crippen LogP contribution in [0.4, 0.5) is 0 Å². The third-order valence-electron chi connectivity index (χ3n) is 2.24. The summed E-state index contributed by atoms with van der Waals surface area (Å²) in [4.78, 5) is 22.2. The van der Waals surface area contributed by atoms with E-state index in [1.54, 1.807) is 13.0 Å². The first-order chi connectivity index (χ1) is 7.95. The molecule has 0 saturated carbocycles. The summed E-state index contributed by atoms with van der Waals surface area (Å²) >= 11 is 5.77. The molecule has 1 aromatic carbocycles. The lowest BCUT2D eigenvalue weighted by atomic mass is 10.1. The third-order valence-corrected chi connectivity index (χ3v) is 2.47. The van der Waals surface area contributed by atoms with Crippen LogP contribution in [-0.4, -0.2) is 23.0 Å². The molecule has 0 spiro atoms. The van der Waals surface area contributed by atoms with E-state index in [9.17, 15) is 9.59 Å². The largest absolute Gasteiger partial charge is 0.479 e. The van der Waals surface area contributed by atoms with Crippen LogP contribution >= 0.6 is 11.6 Å². The highest BCUT2D eigenvalue weighted by Gasteiger charge is 2.19. The maximum absolute atomic E-state index is 11.4. The van der Waals surface area contributed by atoms with Crippen molar-refractivity contribution in [2.24, 2.45) is 0 Å². The minimum Gasteiger partial charge on any atom is -0.479 e. The smallest absolute Gasteiger partial charge is 0.344 e. The molecule has 5 heteroatoms. The molecule has 0 aliphatic heterocycles. The molecule has 1 atom stereocenters. The van der Waals surface area contributed by atoms with E-state index in [1.807, 2.05) is 0 Å². The maximum atomic E-state index is 11.4. The zero-order valence-corrected chi connectivity index (χ0v) is 10.3. The van der Waals surface area contributed by atoms with Crippen LogP contribution in [0.5, 0.6) is 5.75 Å². The Morgan fingerprint density at radius 1 is 1.47 bits per heavy atom. The van der Waals surface area contributed by atoms with Crippen molar-refractivity contribution >= 4 is 23.4 Å². The van der Waals surface area contributed by atoms with Crippen molar-refractivity contribution in [3.05, 3.63) is 28.8 Å². The fraction of sp³-hybridized carbons (Fsp3) is 0.333. The number of rotatable bonds is 5. The van der Waals surface area contributed by atoms with E-state index < -0.39 is 12.1 Å². The van der Waals surface area contributed by atoms with Gasteiger partial charge >= 0.3 is 5.97 Å². The summed E-state index contributed by atoms with van der Waals surface area (Å²) in [6, 6.07) is 4.52. The number of ether oxygens (including phenoxy) is 1. The van der Waals surface area contributed by atoms with Crippen LogP contribution in [0, 0.1) is 0 Å². The van der Waals surface area contributed by atoms with Crippen molar-refractivity contribution in [3.63, 3.8) is 0 Å². The van der Waals surface area contributed by atoms with Gasteiger partial charge in [-0.2, -0.15) is 0 Å². The standard InChI is InChI=1S/C12H13ClO4/c1-3-10(12(15)16)17-11-5-4-8(13)6-9(11)7(2)14/h4-6,10H,3H2,1-2H3,(H,15,16). The molecule has 0 aliphatic carbocycles. The molecule has 0 bridgehead atoms. The first-order valence-electron chi connectivity index (χ1n) is 5.15. The zero-order chi connectivity index (χ0) is 13.0. The van der Waals surface area contributed by atoms with Gasteiger partial charge in [-0.15, -0.1) is 0 Å². The molecule has 1 unspecified atom stereocenters. The van der Waals surface area contributed by atoms with E-state index in [2.05, 4.69) is 0 Å². The number of halogens is 1. The number of carboxylic acid groups (broad SMARTS) is 1. The molecule has 1 N–H and O–H groups in total. The number of ketones is 1. The van der Waals surface area contributed by atoms with Gasteiger partial charge in [0, 0.05) is 5.02 Å². The molecule has 0 radical (unpaired) electrons. The molecule has 1 aromatic rings. The van der Waals surface area contributed by atoms with E-state index >= 15 is 0 Å². The zero-order valence-electron chi connectivity index (χ0n) is 9.57. The summed E-state index contributed by atoms with van der Waals surface area (Å²) in [5.41, 5.74) is 0.289. The van der Waals surface area contributed by atoms with E-state index in [1.165, 1.54) is 19.1 Å². The summed E-state index contributed by atoms with van der Waals surface area (Å²) in [7, 11) is 0. The number of carbonyl (C=O) groups excluding carboxylic acids is 1. The van der Waals surface area contributed by atoms with Crippen molar-refractivity contribution in [3.8, 4) is 5.75 Å². The van der Waals surface area contributed by atoms with Gasteiger partial charge in [0.15, 0.2) is 11.9 Å². The highest BCUT2D eigenvalue weighted by molar-refractivity contribution is 6.31.